The maximum absolute atomic E-state index is 12.4. The van der Waals surface area contributed by atoms with Gasteiger partial charge in [-0.3, -0.25) is 4.79 Å². The van der Waals surface area contributed by atoms with Crippen molar-refractivity contribution in [2.75, 3.05) is 0 Å². The van der Waals surface area contributed by atoms with Crippen molar-refractivity contribution in [3.05, 3.63) is 59.3 Å². The summed E-state index contributed by atoms with van der Waals surface area (Å²) in [5.74, 6) is -2.88. The fourth-order valence-corrected chi connectivity index (χ4v) is 2.93. The Labute approximate surface area is 148 Å². The number of aromatic amines is 1. The van der Waals surface area contributed by atoms with Gasteiger partial charge in [-0.2, -0.15) is 0 Å². The summed E-state index contributed by atoms with van der Waals surface area (Å²) in [5.41, 5.74) is 1.84. The number of amides is 1. The highest BCUT2D eigenvalue weighted by molar-refractivity contribution is 6.01. The number of rotatable bonds is 5. The van der Waals surface area contributed by atoms with Crippen molar-refractivity contribution in [1.82, 2.24) is 10.3 Å². The number of hydrogen-bond acceptors (Lipinski definition) is 4. The molecule has 2 aromatic carbocycles. The molecule has 0 fully saturated rings. The summed E-state index contributed by atoms with van der Waals surface area (Å²) in [6, 6.07) is 8.86. The van der Waals surface area contributed by atoms with Gasteiger partial charge in [0.05, 0.1) is 0 Å². The normalized spacial score (nSPS) is 12.0. The highest BCUT2D eigenvalue weighted by atomic mass is 16.4. The number of H-pyrrole nitrogens is 1. The van der Waals surface area contributed by atoms with Crippen LogP contribution in [0, 0.1) is 6.92 Å². The Morgan fingerprint density at radius 3 is 2.46 bits per heavy atom. The number of hydrogen-bond donors (Lipinski definition) is 5. The van der Waals surface area contributed by atoms with E-state index in [0.717, 1.165) is 16.5 Å². The van der Waals surface area contributed by atoms with E-state index >= 15 is 0 Å². The van der Waals surface area contributed by atoms with Crippen molar-refractivity contribution < 1.29 is 24.9 Å². The van der Waals surface area contributed by atoms with E-state index in [2.05, 4.69) is 10.3 Å². The lowest BCUT2D eigenvalue weighted by Gasteiger charge is -2.16. The minimum Gasteiger partial charge on any atom is -0.507 e. The number of carboxylic acids is 1. The minimum atomic E-state index is -1.22. The zero-order valence-electron chi connectivity index (χ0n) is 14.0. The molecule has 1 amide bonds. The molecule has 7 nitrogen and oxygen atoms in total. The summed E-state index contributed by atoms with van der Waals surface area (Å²) in [6.07, 6.45) is 1.76. The Bertz CT molecular complexity index is 970. The molecule has 1 heterocycles. The van der Waals surface area contributed by atoms with Gasteiger partial charge in [-0.1, -0.05) is 18.2 Å². The molecule has 3 aromatic rings. The first-order chi connectivity index (χ1) is 12.4. The van der Waals surface area contributed by atoms with Crippen LogP contribution >= 0.6 is 0 Å². The Morgan fingerprint density at radius 2 is 1.81 bits per heavy atom. The van der Waals surface area contributed by atoms with Crippen molar-refractivity contribution in [3.8, 4) is 11.5 Å². The van der Waals surface area contributed by atoms with Crippen LogP contribution in [0.4, 0.5) is 0 Å². The molecule has 26 heavy (non-hydrogen) atoms. The first-order valence-electron chi connectivity index (χ1n) is 7.98. The van der Waals surface area contributed by atoms with Crippen molar-refractivity contribution in [2.24, 2.45) is 0 Å². The summed E-state index contributed by atoms with van der Waals surface area (Å²) >= 11 is 0. The van der Waals surface area contributed by atoms with Crippen LogP contribution in [-0.4, -0.2) is 38.2 Å². The maximum atomic E-state index is 12.4. The predicted molar refractivity (Wildman–Crippen MR) is 95.4 cm³/mol. The lowest BCUT2D eigenvalue weighted by Crippen LogP contribution is -2.42. The summed E-state index contributed by atoms with van der Waals surface area (Å²) in [7, 11) is 0. The van der Waals surface area contributed by atoms with E-state index < -0.39 is 29.4 Å². The van der Waals surface area contributed by atoms with Gasteiger partial charge < -0.3 is 25.6 Å². The molecule has 0 spiro atoms. The van der Waals surface area contributed by atoms with E-state index in [9.17, 15) is 24.9 Å². The zero-order valence-corrected chi connectivity index (χ0v) is 14.0. The zero-order chi connectivity index (χ0) is 18.8. The molecule has 3 rings (SSSR count). The van der Waals surface area contributed by atoms with Crippen LogP contribution in [0.1, 0.15) is 21.5 Å². The monoisotopic (exact) mass is 354 g/mol. The predicted octanol–water partition coefficient (Wildman–Crippen LogP) is 2.31. The smallest absolute Gasteiger partial charge is 0.326 e. The fourth-order valence-electron chi connectivity index (χ4n) is 2.93. The lowest BCUT2D eigenvalue weighted by molar-refractivity contribution is -0.139. The average molecular weight is 354 g/mol. The lowest BCUT2D eigenvalue weighted by atomic mass is 10.0. The van der Waals surface area contributed by atoms with Gasteiger partial charge >= 0.3 is 5.97 Å². The first-order valence-corrected chi connectivity index (χ1v) is 7.98. The van der Waals surface area contributed by atoms with Crippen LogP contribution in [0.2, 0.25) is 0 Å². The topological polar surface area (TPSA) is 123 Å². The van der Waals surface area contributed by atoms with Crippen LogP contribution in [0.5, 0.6) is 11.5 Å². The van der Waals surface area contributed by atoms with Crippen LogP contribution in [0.3, 0.4) is 0 Å². The van der Waals surface area contributed by atoms with Gasteiger partial charge in [0.1, 0.15) is 23.1 Å². The number of benzene rings is 2. The average Bonchev–Trinajstić information content (AvgIpc) is 2.96. The molecule has 134 valence electrons. The summed E-state index contributed by atoms with van der Waals surface area (Å²) in [5, 5.41) is 32.5. The van der Waals surface area contributed by atoms with Crippen LogP contribution in [-0.2, 0) is 11.2 Å². The summed E-state index contributed by atoms with van der Waals surface area (Å²) < 4.78 is 0. The Hall–Kier alpha value is -3.48. The number of para-hydroxylation sites is 1. The molecule has 1 atom stereocenters. The number of carbonyl (C=O) groups excluding carboxylic acids is 1. The minimum absolute atomic E-state index is 0.0540. The van der Waals surface area contributed by atoms with Crippen molar-refractivity contribution >= 4 is 22.8 Å². The van der Waals surface area contributed by atoms with Gasteiger partial charge in [-0.05, 0) is 36.2 Å². The SMILES string of the molecule is Cc1cc(O)c(C(=O)N[C@@H](Cc2c[nH]c3ccccc23)C(=O)O)c(O)c1. The van der Waals surface area contributed by atoms with Gasteiger partial charge in [-0.25, -0.2) is 4.79 Å². The second-order valence-electron chi connectivity index (χ2n) is 6.11. The number of carbonyl (C=O) groups is 2. The number of aromatic hydroxyl groups is 2. The molecular formula is C19H18N2O5. The van der Waals surface area contributed by atoms with Crippen molar-refractivity contribution in [3.63, 3.8) is 0 Å². The van der Waals surface area contributed by atoms with Gasteiger partial charge in [0, 0.05) is 23.5 Å². The molecule has 0 unspecified atom stereocenters. The second-order valence-corrected chi connectivity index (χ2v) is 6.11. The molecule has 0 bridgehead atoms. The molecule has 7 heteroatoms. The van der Waals surface area contributed by atoms with Crippen molar-refractivity contribution in [2.45, 2.75) is 19.4 Å². The molecule has 0 saturated heterocycles. The number of fused-ring (bicyclic) bond motifs is 1. The number of carboxylic acid groups (broad SMARTS) is 1. The van der Waals surface area contributed by atoms with Gasteiger partial charge in [0.2, 0.25) is 0 Å². The van der Waals surface area contributed by atoms with E-state index in [1.807, 2.05) is 24.3 Å². The Kier molecular flexibility index (Phi) is 4.53. The number of aromatic nitrogens is 1. The van der Waals surface area contributed by atoms with Gasteiger partial charge in [-0.15, -0.1) is 0 Å². The standard InChI is InChI=1S/C19H18N2O5/c1-10-6-15(22)17(16(23)7-10)18(24)21-14(19(25)26)8-11-9-20-13-5-3-2-4-12(11)13/h2-7,9,14,20,22-23H,8H2,1H3,(H,21,24)(H,25,26)/t14-/m0/s1. The van der Waals surface area contributed by atoms with E-state index in [1.165, 1.54) is 12.1 Å². The Balaban J connectivity index is 1.85. The van der Waals surface area contributed by atoms with Crippen molar-refractivity contribution in [1.29, 1.82) is 0 Å². The highest BCUT2D eigenvalue weighted by Crippen LogP contribution is 2.28. The molecule has 0 aliphatic rings. The molecule has 5 N–H and O–H groups in total. The Morgan fingerprint density at radius 1 is 1.15 bits per heavy atom. The van der Waals surface area contributed by atoms with E-state index in [4.69, 9.17) is 0 Å². The quantitative estimate of drug-likeness (QED) is 0.481. The molecule has 0 aliphatic heterocycles. The highest BCUT2D eigenvalue weighted by Gasteiger charge is 2.25. The molecule has 1 aromatic heterocycles. The van der Waals surface area contributed by atoms with Crippen LogP contribution in [0.25, 0.3) is 10.9 Å². The largest absolute Gasteiger partial charge is 0.507 e. The first kappa shape index (κ1) is 17.3. The van der Waals surface area contributed by atoms with E-state index in [1.54, 1.807) is 13.1 Å². The second kappa shape index (κ2) is 6.79. The number of aryl methyl sites for hydroxylation is 1. The number of nitrogens with one attached hydrogen (secondary N) is 2. The third-order valence-corrected chi connectivity index (χ3v) is 4.17. The fraction of sp³-hybridized carbons (Fsp3) is 0.158. The summed E-state index contributed by atoms with van der Waals surface area (Å²) in [4.78, 5) is 27.1. The third kappa shape index (κ3) is 3.32. The van der Waals surface area contributed by atoms with Crippen LogP contribution < -0.4 is 5.32 Å². The van der Waals surface area contributed by atoms with E-state index in [-0.39, 0.29) is 12.0 Å². The number of phenols is 2. The molecule has 0 saturated carbocycles. The maximum Gasteiger partial charge on any atom is 0.326 e. The molecular weight excluding hydrogens is 336 g/mol. The summed E-state index contributed by atoms with van der Waals surface area (Å²) in [6.45, 7) is 1.65. The molecule has 0 aliphatic carbocycles. The van der Waals surface area contributed by atoms with Crippen LogP contribution in [0.15, 0.2) is 42.6 Å². The number of phenolic OH excluding ortho intramolecular Hbond substituents is 2. The number of aliphatic carboxylic acids is 1. The van der Waals surface area contributed by atoms with Gasteiger partial charge in [0.25, 0.3) is 5.91 Å². The molecule has 0 radical (unpaired) electrons. The van der Waals surface area contributed by atoms with E-state index in [0.29, 0.717) is 5.56 Å². The third-order valence-electron chi connectivity index (χ3n) is 4.17. The van der Waals surface area contributed by atoms with Gasteiger partial charge in [0.15, 0.2) is 0 Å².